The zero-order valence-corrected chi connectivity index (χ0v) is 9.53. The van der Waals surface area contributed by atoms with E-state index in [0.29, 0.717) is 6.42 Å². The predicted molar refractivity (Wildman–Crippen MR) is 59.2 cm³/mol. The van der Waals surface area contributed by atoms with Gasteiger partial charge in [-0.3, -0.25) is 4.79 Å². The van der Waals surface area contributed by atoms with Gasteiger partial charge in [-0.05, 0) is 25.0 Å². The number of nitrogens with two attached hydrogens (primary N) is 1. The van der Waals surface area contributed by atoms with Crippen LogP contribution >= 0.6 is 0 Å². The Morgan fingerprint density at radius 3 is 2.78 bits per heavy atom. The molecule has 0 spiro atoms. The van der Waals surface area contributed by atoms with Crippen LogP contribution in [0.3, 0.4) is 0 Å². The first kappa shape index (κ1) is 12.8. The predicted octanol–water partition coefficient (Wildman–Crippen LogP) is 1.68. The molecule has 0 amide bonds. The van der Waals surface area contributed by atoms with Crippen molar-refractivity contribution in [2.75, 3.05) is 0 Å². The highest BCUT2D eigenvalue weighted by molar-refractivity contribution is 5.79. The molecule has 1 saturated carbocycles. The van der Waals surface area contributed by atoms with Gasteiger partial charge in [0.05, 0.1) is 0 Å². The van der Waals surface area contributed by atoms with Crippen LogP contribution in [0.4, 0.5) is 8.78 Å². The van der Waals surface area contributed by atoms with Crippen LogP contribution in [-0.2, 0) is 4.79 Å². The molecule has 1 aromatic carbocycles. The summed E-state index contributed by atoms with van der Waals surface area (Å²) < 4.78 is 31.4. The highest BCUT2D eigenvalue weighted by atomic mass is 19.1. The van der Waals surface area contributed by atoms with E-state index in [0.717, 1.165) is 12.1 Å². The van der Waals surface area contributed by atoms with Crippen molar-refractivity contribution in [1.29, 1.82) is 0 Å². The lowest BCUT2D eigenvalue weighted by Crippen LogP contribution is -2.46. The Labute approximate surface area is 102 Å². The highest BCUT2D eigenvalue weighted by Gasteiger charge is 2.43. The molecule has 2 rings (SSSR count). The van der Waals surface area contributed by atoms with Crippen molar-refractivity contribution in [3.63, 3.8) is 0 Å². The van der Waals surface area contributed by atoms with E-state index in [4.69, 9.17) is 15.6 Å². The SMILES string of the molecule is NC1(C(=O)O)CCC(Oc2ccc(F)cc2F)C1. The van der Waals surface area contributed by atoms with Crippen LogP contribution in [0.25, 0.3) is 0 Å². The molecular formula is C12H13F2NO3. The summed E-state index contributed by atoms with van der Waals surface area (Å²) in [5, 5.41) is 8.94. The summed E-state index contributed by atoms with van der Waals surface area (Å²) in [6.45, 7) is 0. The number of hydrogen-bond acceptors (Lipinski definition) is 3. The van der Waals surface area contributed by atoms with Crippen molar-refractivity contribution >= 4 is 5.97 Å². The van der Waals surface area contributed by atoms with Crippen LogP contribution in [0.15, 0.2) is 18.2 Å². The molecule has 1 aliphatic carbocycles. The number of ether oxygens (including phenoxy) is 1. The number of halogens is 2. The second kappa shape index (κ2) is 4.53. The third-order valence-corrected chi connectivity index (χ3v) is 3.12. The topological polar surface area (TPSA) is 72.6 Å². The molecule has 4 nitrogen and oxygen atoms in total. The quantitative estimate of drug-likeness (QED) is 0.864. The number of aliphatic carboxylic acids is 1. The molecule has 0 aliphatic heterocycles. The second-order valence-electron chi connectivity index (χ2n) is 4.52. The van der Waals surface area contributed by atoms with Gasteiger partial charge in [0.25, 0.3) is 0 Å². The van der Waals surface area contributed by atoms with E-state index in [1.54, 1.807) is 0 Å². The molecular weight excluding hydrogens is 244 g/mol. The Hall–Kier alpha value is -1.69. The molecule has 0 radical (unpaired) electrons. The van der Waals surface area contributed by atoms with Gasteiger partial charge in [-0.15, -0.1) is 0 Å². The van der Waals surface area contributed by atoms with Crippen LogP contribution in [-0.4, -0.2) is 22.7 Å². The van der Waals surface area contributed by atoms with Crippen molar-refractivity contribution < 1.29 is 23.4 Å². The lowest BCUT2D eigenvalue weighted by atomic mass is 10.00. The van der Waals surface area contributed by atoms with Crippen molar-refractivity contribution in [3.05, 3.63) is 29.8 Å². The number of hydrogen-bond donors (Lipinski definition) is 2. The summed E-state index contributed by atoms with van der Waals surface area (Å²) in [6, 6.07) is 2.99. The summed E-state index contributed by atoms with van der Waals surface area (Å²) in [5.74, 6) is -2.67. The molecule has 3 N–H and O–H groups in total. The van der Waals surface area contributed by atoms with Gasteiger partial charge in [0.1, 0.15) is 17.5 Å². The summed E-state index contributed by atoms with van der Waals surface area (Å²) in [5.41, 5.74) is 4.36. The zero-order valence-electron chi connectivity index (χ0n) is 9.53. The Morgan fingerprint density at radius 1 is 1.50 bits per heavy atom. The summed E-state index contributed by atoms with van der Waals surface area (Å²) in [7, 11) is 0. The Morgan fingerprint density at radius 2 is 2.22 bits per heavy atom. The van der Waals surface area contributed by atoms with Gasteiger partial charge >= 0.3 is 5.97 Å². The zero-order chi connectivity index (χ0) is 13.3. The number of benzene rings is 1. The van der Waals surface area contributed by atoms with Crippen LogP contribution in [0.2, 0.25) is 0 Å². The maximum Gasteiger partial charge on any atom is 0.323 e. The minimum absolute atomic E-state index is 0.0870. The fourth-order valence-corrected chi connectivity index (χ4v) is 2.07. The first-order valence-corrected chi connectivity index (χ1v) is 5.55. The fourth-order valence-electron chi connectivity index (χ4n) is 2.07. The second-order valence-corrected chi connectivity index (χ2v) is 4.52. The molecule has 6 heteroatoms. The average Bonchev–Trinajstić information content (AvgIpc) is 2.66. The Bertz CT molecular complexity index is 480. The summed E-state index contributed by atoms with van der Waals surface area (Å²) in [6.07, 6.45) is 0.347. The van der Waals surface area contributed by atoms with Gasteiger partial charge in [-0.1, -0.05) is 0 Å². The molecule has 1 fully saturated rings. The number of carboxylic acid groups (broad SMARTS) is 1. The van der Waals surface area contributed by atoms with Crippen LogP contribution in [0.1, 0.15) is 19.3 Å². The van der Waals surface area contributed by atoms with Gasteiger partial charge < -0.3 is 15.6 Å². The minimum Gasteiger partial charge on any atom is -0.487 e. The molecule has 1 aromatic rings. The lowest BCUT2D eigenvalue weighted by Gasteiger charge is -2.18. The van der Waals surface area contributed by atoms with Gasteiger partial charge in [-0.2, -0.15) is 0 Å². The molecule has 18 heavy (non-hydrogen) atoms. The maximum absolute atomic E-state index is 13.3. The number of rotatable bonds is 3. The molecule has 0 saturated heterocycles. The van der Waals surface area contributed by atoms with E-state index >= 15 is 0 Å². The first-order chi connectivity index (χ1) is 8.40. The van der Waals surface area contributed by atoms with Gasteiger partial charge in [0, 0.05) is 12.5 Å². The van der Waals surface area contributed by atoms with Crippen LogP contribution in [0, 0.1) is 11.6 Å². The number of carbonyl (C=O) groups is 1. The van der Waals surface area contributed by atoms with Crippen molar-refractivity contribution in [1.82, 2.24) is 0 Å². The van der Waals surface area contributed by atoms with E-state index in [-0.39, 0.29) is 18.6 Å². The van der Waals surface area contributed by atoms with E-state index in [9.17, 15) is 13.6 Å². The molecule has 2 unspecified atom stereocenters. The van der Waals surface area contributed by atoms with Crippen molar-refractivity contribution in [2.45, 2.75) is 30.9 Å². The molecule has 0 aromatic heterocycles. The summed E-state index contributed by atoms with van der Waals surface area (Å²) in [4.78, 5) is 10.9. The molecule has 1 aliphatic rings. The Balaban J connectivity index is 2.06. The number of carboxylic acids is 1. The normalized spacial score (nSPS) is 27.2. The average molecular weight is 257 g/mol. The fraction of sp³-hybridized carbons (Fsp3) is 0.417. The van der Waals surface area contributed by atoms with Crippen molar-refractivity contribution in [2.24, 2.45) is 5.73 Å². The monoisotopic (exact) mass is 257 g/mol. The third-order valence-electron chi connectivity index (χ3n) is 3.12. The van der Waals surface area contributed by atoms with E-state index < -0.39 is 29.2 Å². The highest BCUT2D eigenvalue weighted by Crippen LogP contribution is 2.32. The van der Waals surface area contributed by atoms with Gasteiger partial charge in [0.15, 0.2) is 11.6 Å². The standard InChI is InChI=1S/C12H13F2NO3/c13-7-1-2-10(9(14)5-7)18-8-3-4-12(15,6-8)11(16)17/h1-2,5,8H,3-4,6,15H2,(H,16,17). The molecule has 2 atom stereocenters. The first-order valence-electron chi connectivity index (χ1n) is 5.55. The van der Waals surface area contributed by atoms with Crippen molar-refractivity contribution in [3.8, 4) is 5.75 Å². The lowest BCUT2D eigenvalue weighted by molar-refractivity contribution is -0.143. The molecule has 98 valence electrons. The van der Waals surface area contributed by atoms with E-state index in [1.165, 1.54) is 6.07 Å². The van der Waals surface area contributed by atoms with Crippen LogP contribution in [0.5, 0.6) is 5.75 Å². The van der Waals surface area contributed by atoms with E-state index in [2.05, 4.69) is 0 Å². The van der Waals surface area contributed by atoms with Gasteiger partial charge in [-0.25, -0.2) is 8.78 Å². The largest absolute Gasteiger partial charge is 0.487 e. The minimum atomic E-state index is -1.32. The Kier molecular flexibility index (Phi) is 3.21. The molecule has 0 heterocycles. The maximum atomic E-state index is 13.3. The van der Waals surface area contributed by atoms with E-state index in [1.807, 2.05) is 0 Å². The molecule has 0 bridgehead atoms. The third kappa shape index (κ3) is 2.43. The van der Waals surface area contributed by atoms with Crippen LogP contribution < -0.4 is 10.5 Å². The smallest absolute Gasteiger partial charge is 0.323 e. The summed E-state index contributed by atoms with van der Waals surface area (Å²) >= 11 is 0. The van der Waals surface area contributed by atoms with Gasteiger partial charge in [0.2, 0.25) is 0 Å².